The number of hydrogen-bond acceptors (Lipinski definition) is 3. The number of nitriles is 1. The largest absolute Gasteiger partial charge is 0.457 e. The summed E-state index contributed by atoms with van der Waals surface area (Å²) < 4.78 is 6.10. The zero-order valence-electron chi connectivity index (χ0n) is 9.97. The van der Waals surface area contributed by atoms with E-state index in [-0.39, 0.29) is 12.6 Å². The first-order valence-electron chi connectivity index (χ1n) is 5.61. The number of benzene rings is 2. The molecule has 0 N–H and O–H groups in total. The molecule has 0 amide bonds. The van der Waals surface area contributed by atoms with Crippen LogP contribution < -0.4 is 0 Å². The van der Waals surface area contributed by atoms with Gasteiger partial charge < -0.3 is 4.74 Å². The van der Waals surface area contributed by atoms with Crippen molar-refractivity contribution in [1.82, 2.24) is 0 Å². The van der Waals surface area contributed by atoms with Crippen LogP contribution in [0, 0.1) is 11.3 Å². The summed E-state index contributed by atoms with van der Waals surface area (Å²) in [6.45, 7) is 0.195. The van der Waals surface area contributed by atoms with Gasteiger partial charge in [0.25, 0.3) is 0 Å². The lowest BCUT2D eigenvalue weighted by Crippen LogP contribution is -2.04. The Morgan fingerprint density at radius 1 is 1.11 bits per heavy atom. The van der Waals surface area contributed by atoms with Gasteiger partial charge in [-0.1, -0.05) is 28.1 Å². The molecule has 2 rings (SSSR count). The number of carbonyl (C=O) groups is 1. The molecule has 0 aromatic heterocycles. The molecular weight excluding hydrogens is 306 g/mol. The number of carbonyl (C=O) groups excluding carboxylic acids is 1. The molecule has 0 unspecified atom stereocenters. The highest BCUT2D eigenvalue weighted by Crippen LogP contribution is 2.12. The molecule has 0 saturated carbocycles. The summed E-state index contributed by atoms with van der Waals surface area (Å²) >= 11 is 3.31. The molecule has 2 aromatic carbocycles. The summed E-state index contributed by atoms with van der Waals surface area (Å²) in [6.07, 6.45) is 0. The minimum Gasteiger partial charge on any atom is -0.457 e. The van der Waals surface area contributed by atoms with Crippen molar-refractivity contribution in [3.8, 4) is 6.07 Å². The molecule has 0 spiro atoms. The average Bonchev–Trinajstić information content (AvgIpc) is 2.46. The lowest BCUT2D eigenvalue weighted by molar-refractivity contribution is 0.0472. The normalized spacial score (nSPS) is 9.68. The van der Waals surface area contributed by atoms with Crippen LogP contribution in [0.15, 0.2) is 53.0 Å². The van der Waals surface area contributed by atoms with E-state index >= 15 is 0 Å². The number of hydrogen-bond donors (Lipinski definition) is 0. The number of ether oxygens (including phenoxy) is 1. The predicted molar refractivity (Wildman–Crippen MR) is 74.4 cm³/mol. The van der Waals surface area contributed by atoms with E-state index in [9.17, 15) is 4.79 Å². The Morgan fingerprint density at radius 3 is 2.32 bits per heavy atom. The number of halogens is 1. The Labute approximate surface area is 119 Å². The number of esters is 1. The summed E-state index contributed by atoms with van der Waals surface area (Å²) in [5.74, 6) is -0.364. The second kappa shape index (κ2) is 6.17. The Bertz CT molecular complexity index is 612. The van der Waals surface area contributed by atoms with Gasteiger partial charge >= 0.3 is 5.97 Å². The molecule has 0 aliphatic carbocycles. The van der Waals surface area contributed by atoms with Crippen molar-refractivity contribution in [3.63, 3.8) is 0 Å². The minimum absolute atomic E-state index is 0.195. The van der Waals surface area contributed by atoms with Crippen molar-refractivity contribution in [1.29, 1.82) is 5.26 Å². The van der Waals surface area contributed by atoms with Crippen molar-refractivity contribution in [2.45, 2.75) is 6.61 Å². The van der Waals surface area contributed by atoms with Gasteiger partial charge in [0.05, 0.1) is 17.2 Å². The van der Waals surface area contributed by atoms with E-state index in [1.807, 2.05) is 6.07 Å². The van der Waals surface area contributed by atoms with Crippen molar-refractivity contribution in [2.24, 2.45) is 0 Å². The standard InChI is InChI=1S/C15H10BrNO2/c16-14-7-5-13(6-8-14)15(18)19-10-12-3-1-11(9-17)2-4-12/h1-8H,10H2. The molecule has 19 heavy (non-hydrogen) atoms. The van der Waals surface area contributed by atoms with Gasteiger partial charge in [0.15, 0.2) is 0 Å². The number of rotatable bonds is 3. The van der Waals surface area contributed by atoms with Gasteiger partial charge in [-0.25, -0.2) is 4.79 Å². The highest BCUT2D eigenvalue weighted by Gasteiger charge is 2.06. The van der Waals surface area contributed by atoms with Gasteiger partial charge in [0, 0.05) is 4.47 Å². The van der Waals surface area contributed by atoms with Crippen LogP contribution in [0.3, 0.4) is 0 Å². The second-order valence-corrected chi connectivity index (χ2v) is 4.81. The van der Waals surface area contributed by atoms with Crippen molar-refractivity contribution >= 4 is 21.9 Å². The van der Waals surface area contributed by atoms with E-state index in [4.69, 9.17) is 10.00 Å². The molecule has 0 aliphatic heterocycles. The van der Waals surface area contributed by atoms with Crippen LogP contribution in [0.25, 0.3) is 0 Å². The molecule has 4 heteroatoms. The van der Waals surface area contributed by atoms with E-state index < -0.39 is 0 Å². The first-order valence-corrected chi connectivity index (χ1v) is 6.40. The van der Waals surface area contributed by atoms with Crippen LogP contribution in [0.2, 0.25) is 0 Å². The van der Waals surface area contributed by atoms with E-state index in [1.54, 1.807) is 48.5 Å². The van der Waals surface area contributed by atoms with Crippen molar-refractivity contribution in [2.75, 3.05) is 0 Å². The van der Waals surface area contributed by atoms with Gasteiger partial charge in [0.2, 0.25) is 0 Å². The van der Waals surface area contributed by atoms with Crippen LogP contribution in [0.5, 0.6) is 0 Å². The highest BCUT2D eigenvalue weighted by atomic mass is 79.9. The SMILES string of the molecule is N#Cc1ccc(COC(=O)c2ccc(Br)cc2)cc1. The van der Waals surface area contributed by atoms with Crippen LogP contribution in [0.1, 0.15) is 21.5 Å². The van der Waals surface area contributed by atoms with E-state index in [0.29, 0.717) is 11.1 Å². The van der Waals surface area contributed by atoms with Crippen LogP contribution in [0.4, 0.5) is 0 Å². The van der Waals surface area contributed by atoms with E-state index in [1.165, 1.54) is 0 Å². The maximum atomic E-state index is 11.8. The maximum Gasteiger partial charge on any atom is 0.338 e. The fourth-order valence-electron chi connectivity index (χ4n) is 1.49. The summed E-state index contributed by atoms with van der Waals surface area (Å²) in [5.41, 5.74) is 1.95. The van der Waals surface area contributed by atoms with Gasteiger partial charge in [0.1, 0.15) is 6.61 Å². The molecule has 3 nitrogen and oxygen atoms in total. The van der Waals surface area contributed by atoms with Gasteiger partial charge in [-0.3, -0.25) is 0 Å². The molecule has 2 aromatic rings. The molecule has 0 atom stereocenters. The maximum absolute atomic E-state index is 11.8. The fraction of sp³-hybridized carbons (Fsp3) is 0.0667. The molecular formula is C15H10BrNO2. The molecule has 0 fully saturated rings. The van der Waals surface area contributed by atoms with Crippen molar-refractivity contribution < 1.29 is 9.53 Å². The third-order valence-corrected chi connectivity index (χ3v) is 3.06. The highest BCUT2D eigenvalue weighted by molar-refractivity contribution is 9.10. The zero-order valence-corrected chi connectivity index (χ0v) is 11.6. The van der Waals surface area contributed by atoms with Crippen LogP contribution >= 0.6 is 15.9 Å². The lowest BCUT2D eigenvalue weighted by atomic mass is 10.1. The Balaban J connectivity index is 1.96. The topological polar surface area (TPSA) is 50.1 Å². The van der Waals surface area contributed by atoms with E-state index in [0.717, 1.165) is 10.0 Å². The molecule has 0 heterocycles. The smallest absolute Gasteiger partial charge is 0.338 e. The first kappa shape index (κ1) is 13.3. The molecule has 0 radical (unpaired) electrons. The van der Waals surface area contributed by atoms with Crippen molar-refractivity contribution in [3.05, 3.63) is 69.7 Å². The third kappa shape index (κ3) is 3.67. The van der Waals surface area contributed by atoms with Crippen LogP contribution in [-0.4, -0.2) is 5.97 Å². The second-order valence-electron chi connectivity index (χ2n) is 3.89. The molecule has 0 aliphatic rings. The molecule has 94 valence electrons. The molecule has 0 bridgehead atoms. The quantitative estimate of drug-likeness (QED) is 0.812. The zero-order chi connectivity index (χ0) is 13.7. The predicted octanol–water partition coefficient (Wildman–Crippen LogP) is 3.68. The summed E-state index contributed by atoms with van der Waals surface area (Å²) in [7, 11) is 0. The minimum atomic E-state index is -0.364. The lowest BCUT2D eigenvalue weighted by Gasteiger charge is -2.05. The first-order chi connectivity index (χ1) is 9.19. The van der Waals surface area contributed by atoms with E-state index in [2.05, 4.69) is 15.9 Å². The molecule has 0 saturated heterocycles. The summed E-state index contributed by atoms with van der Waals surface area (Å²) in [4.78, 5) is 11.8. The number of nitrogens with zero attached hydrogens (tertiary/aromatic N) is 1. The Hall–Kier alpha value is -2.12. The third-order valence-electron chi connectivity index (χ3n) is 2.53. The van der Waals surface area contributed by atoms with Gasteiger partial charge in [-0.15, -0.1) is 0 Å². The van der Waals surface area contributed by atoms with Gasteiger partial charge in [-0.05, 0) is 42.0 Å². The van der Waals surface area contributed by atoms with Crippen LogP contribution in [-0.2, 0) is 11.3 Å². The fourth-order valence-corrected chi connectivity index (χ4v) is 1.76. The summed E-state index contributed by atoms with van der Waals surface area (Å²) in [6, 6.07) is 16.0. The Kier molecular flexibility index (Phi) is 4.32. The average molecular weight is 316 g/mol. The summed E-state index contributed by atoms with van der Waals surface area (Å²) in [5, 5.41) is 8.68. The Morgan fingerprint density at radius 2 is 1.74 bits per heavy atom. The monoisotopic (exact) mass is 315 g/mol. The van der Waals surface area contributed by atoms with Gasteiger partial charge in [-0.2, -0.15) is 5.26 Å².